The Bertz CT molecular complexity index is 1260. The van der Waals surface area contributed by atoms with Crippen molar-refractivity contribution in [2.75, 3.05) is 6.61 Å². The van der Waals surface area contributed by atoms with E-state index in [9.17, 15) is 19.8 Å². The molecule has 0 amide bonds. The van der Waals surface area contributed by atoms with Crippen molar-refractivity contribution in [3.8, 4) is 11.3 Å². The Morgan fingerprint density at radius 2 is 1.59 bits per heavy atom. The lowest BCUT2D eigenvalue weighted by Crippen LogP contribution is -2.43. The fraction of sp³-hybridized carbons (Fsp3) is 0.308. The molecule has 228 valence electrons. The highest BCUT2D eigenvalue weighted by atomic mass is 31.0. The molecule has 1 aromatic carbocycles. The summed E-state index contributed by atoms with van der Waals surface area (Å²) >= 11 is 0. The second kappa shape index (κ2) is 22.3. The third-order valence-electron chi connectivity index (χ3n) is 5.48. The maximum atomic E-state index is 12.9. The van der Waals surface area contributed by atoms with Gasteiger partial charge in [0.25, 0.3) is 5.56 Å². The molecule has 4 rings (SSSR count). The van der Waals surface area contributed by atoms with E-state index >= 15 is 0 Å². The van der Waals surface area contributed by atoms with Crippen LogP contribution in [-0.2, 0) is 11.3 Å². The molecule has 0 bridgehead atoms. The van der Waals surface area contributed by atoms with E-state index in [1.54, 1.807) is 18.2 Å². The fourth-order valence-electron chi connectivity index (χ4n) is 3.71. The van der Waals surface area contributed by atoms with Crippen molar-refractivity contribution >= 4 is 28.4 Å². The van der Waals surface area contributed by atoms with Gasteiger partial charge >= 0.3 is 5.69 Å². The second-order valence-electron chi connectivity index (χ2n) is 7.88. The highest BCUT2D eigenvalue weighted by Gasteiger charge is 2.43. The van der Waals surface area contributed by atoms with Gasteiger partial charge in [0, 0.05) is 24.4 Å². The summed E-state index contributed by atoms with van der Waals surface area (Å²) in [5.74, 6) is 1.02. The molecular formula is C26H39N2O10P3. The molecule has 12 nitrogen and oxygen atoms in total. The molecule has 1 fully saturated rings. The molecule has 15 heteroatoms. The predicted molar refractivity (Wildman–Crippen MR) is 167 cm³/mol. The Labute approximate surface area is 245 Å². The molecule has 1 aliphatic heterocycles. The van der Waals surface area contributed by atoms with Gasteiger partial charge in [0.2, 0.25) is 0 Å². The van der Waals surface area contributed by atoms with Crippen molar-refractivity contribution in [2.45, 2.75) is 44.4 Å². The van der Waals surface area contributed by atoms with Gasteiger partial charge in [-0.1, -0.05) is 55.1 Å². The largest absolute Gasteiger partial charge is 0.459 e. The SMILES string of the molecule is C=C/C=C\C.O=c1ccn(C2OC(CCO)C(O)C2O)c(=O)n1Cc1ccc(-c2ccccc2)o1.OP.OP.OP. The standard InChI is InChI=1S/C21H22N2O7.C5H8.3H3OP/c24-11-9-16-18(26)19(27)20(30-16)22-10-8-17(25)23(21(22)28)12-14-6-7-15(29-14)13-4-2-1-3-5-13;1-3-5-4-2;3*1-2/h1-8,10,16,18-20,24,26-27H,9,11-12H2;3-5H,1H2,2H3;3*1H,2H2/b;5-4-;;;. The molecule has 1 saturated heterocycles. The third kappa shape index (κ3) is 11.5. The highest BCUT2D eigenvalue weighted by molar-refractivity contribution is 7.08. The van der Waals surface area contributed by atoms with Crippen LogP contribution in [0.15, 0.2) is 93.5 Å². The Hall–Kier alpha value is -2.33. The van der Waals surface area contributed by atoms with E-state index in [0.717, 1.165) is 14.7 Å². The van der Waals surface area contributed by atoms with Gasteiger partial charge in [-0.3, -0.25) is 13.9 Å². The highest BCUT2D eigenvalue weighted by Crippen LogP contribution is 2.29. The maximum absolute atomic E-state index is 12.9. The molecule has 2 aromatic heterocycles. The minimum absolute atomic E-state index is 0.100. The lowest BCUT2D eigenvalue weighted by Gasteiger charge is -2.18. The zero-order valence-corrected chi connectivity index (χ0v) is 26.0. The predicted octanol–water partition coefficient (Wildman–Crippen LogP) is 1.37. The molecule has 6 N–H and O–H groups in total. The van der Waals surface area contributed by atoms with Crippen LogP contribution in [-0.4, -0.2) is 64.1 Å². The normalized spacial score (nSPS) is 18.9. The second-order valence-corrected chi connectivity index (χ2v) is 7.88. The Balaban J connectivity index is 0.00000128. The van der Waals surface area contributed by atoms with E-state index in [1.165, 1.54) is 40.7 Å². The molecule has 3 heterocycles. The first kappa shape index (κ1) is 38.7. The summed E-state index contributed by atoms with van der Waals surface area (Å²) in [7, 11) is 4.25. The van der Waals surface area contributed by atoms with Crippen LogP contribution in [0.5, 0.6) is 0 Å². The zero-order valence-electron chi connectivity index (χ0n) is 22.5. The van der Waals surface area contributed by atoms with Crippen molar-refractivity contribution in [1.82, 2.24) is 9.13 Å². The van der Waals surface area contributed by atoms with Gasteiger partial charge in [-0.15, -0.1) is 0 Å². The first-order valence-corrected chi connectivity index (χ1v) is 13.6. The topological polar surface area (TPSA) is 188 Å². The number of ether oxygens (including phenoxy) is 1. The van der Waals surface area contributed by atoms with E-state index in [0.29, 0.717) is 11.5 Å². The van der Waals surface area contributed by atoms with Crippen molar-refractivity contribution in [1.29, 1.82) is 0 Å². The Morgan fingerprint density at radius 1 is 0.951 bits per heavy atom. The number of hydrogen-bond donors (Lipinski definition) is 6. The van der Waals surface area contributed by atoms with Gasteiger partial charge in [0.05, 0.1) is 12.6 Å². The van der Waals surface area contributed by atoms with Crippen LogP contribution in [0.25, 0.3) is 11.3 Å². The number of aliphatic hydroxyl groups is 3. The Morgan fingerprint density at radius 3 is 2.12 bits per heavy atom. The van der Waals surface area contributed by atoms with Gasteiger partial charge in [0.15, 0.2) is 6.23 Å². The molecular weight excluding hydrogens is 593 g/mol. The van der Waals surface area contributed by atoms with Crippen molar-refractivity contribution in [3.63, 3.8) is 0 Å². The number of rotatable bonds is 7. The summed E-state index contributed by atoms with van der Waals surface area (Å²) < 4.78 is 13.4. The molecule has 41 heavy (non-hydrogen) atoms. The molecule has 7 unspecified atom stereocenters. The molecule has 0 aliphatic carbocycles. The summed E-state index contributed by atoms with van der Waals surface area (Å²) in [6.45, 7) is 5.08. The van der Waals surface area contributed by atoms with Gasteiger partial charge < -0.3 is 39.2 Å². The van der Waals surface area contributed by atoms with Gasteiger partial charge in [-0.25, -0.2) is 4.79 Å². The van der Waals surface area contributed by atoms with Crippen LogP contribution in [0.1, 0.15) is 25.3 Å². The van der Waals surface area contributed by atoms with E-state index < -0.39 is 35.8 Å². The van der Waals surface area contributed by atoms with Gasteiger partial charge in [-0.05, 0) is 53.9 Å². The number of hydrogen-bond acceptors (Lipinski definition) is 10. The van der Waals surface area contributed by atoms with Crippen LogP contribution in [0.4, 0.5) is 0 Å². The number of benzene rings is 1. The van der Waals surface area contributed by atoms with Crippen molar-refractivity contribution < 1.29 is 39.2 Å². The molecule has 0 spiro atoms. The van der Waals surface area contributed by atoms with Gasteiger partial charge in [0.1, 0.15) is 23.7 Å². The van der Waals surface area contributed by atoms with Crippen LogP contribution in [0.2, 0.25) is 0 Å². The lowest BCUT2D eigenvalue weighted by atomic mass is 10.1. The molecule has 0 radical (unpaired) electrons. The van der Waals surface area contributed by atoms with Crippen molar-refractivity contribution in [2.24, 2.45) is 0 Å². The average molecular weight is 633 g/mol. The summed E-state index contributed by atoms with van der Waals surface area (Å²) in [5.41, 5.74) is -0.372. The molecule has 0 saturated carbocycles. The first-order valence-electron chi connectivity index (χ1n) is 12.0. The summed E-state index contributed by atoms with van der Waals surface area (Å²) in [6, 6.07) is 14.1. The fourth-order valence-corrected chi connectivity index (χ4v) is 3.71. The number of aromatic nitrogens is 2. The minimum atomic E-state index is -1.38. The van der Waals surface area contributed by atoms with Crippen molar-refractivity contribution in [3.05, 3.63) is 106 Å². The monoisotopic (exact) mass is 632 g/mol. The smallest absolute Gasteiger partial charge is 0.333 e. The van der Waals surface area contributed by atoms with Crippen LogP contribution < -0.4 is 11.2 Å². The number of aliphatic hydroxyl groups excluding tert-OH is 3. The third-order valence-corrected chi connectivity index (χ3v) is 5.48. The first-order chi connectivity index (χ1) is 19.9. The Kier molecular flexibility index (Phi) is 21.0. The van der Waals surface area contributed by atoms with Crippen LogP contribution >= 0.6 is 28.4 Å². The van der Waals surface area contributed by atoms with E-state index in [1.807, 2.05) is 49.4 Å². The summed E-state index contributed by atoms with van der Waals surface area (Å²) in [5, 5.41) is 29.5. The summed E-state index contributed by atoms with van der Waals surface area (Å²) in [4.78, 5) is 46.0. The molecule has 1 aliphatic rings. The maximum Gasteiger partial charge on any atom is 0.333 e. The quantitative estimate of drug-likeness (QED) is 0.164. The molecule has 7 atom stereocenters. The number of nitrogens with zero attached hydrogens (tertiary/aromatic N) is 2. The van der Waals surface area contributed by atoms with Gasteiger partial charge in [-0.2, -0.15) is 0 Å². The number of furan rings is 1. The van der Waals surface area contributed by atoms with E-state index in [2.05, 4.69) is 6.58 Å². The lowest BCUT2D eigenvalue weighted by molar-refractivity contribution is -0.0458. The summed E-state index contributed by atoms with van der Waals surface area (Å²) in [6.07, 6.45) is 2.28. The number of allylic oxidation sites excluding steroid dienone is 3. The average Bonchev–Trinajstić information content (AvgIpc) is 3.60. The molecule has 3 aromatic rings. The minimum Gasteiger partial charge on any atom is -0.459 e. The van der Waals surface area contributed by atoms with Crippen LogP contribution in [0.3, 0.4) is 0 Å². The van der Waals surface area contributed by atoms with Crippen LogP contribution in [0, 0.1) is 0 Å². The zero-order chi connectivity index (χ0) is 31.4. The van der Waals surface area contributed by atoms with E-state index in [4.69, 9.17) is 28.9 Å². The van der Waals surface area contributed by atoms with E-state index in [-0.39, 0.29) is 19.6 Å².